The molecule has 1 aliphatic carbocycles. The second kappa shape index (κ2) is 5.95. The molecule has 104 valence electrons. The third kappa shape index (κ3) is 3.40. The quantitative estimate of drug-likeness (QED) is 0.696. The number of thioether (sulfide) groups is 1. The van der Waals surface area contributed by atoms with E-state index in [-0.39, 0.29) is 17.9 Å². The number of carboxylic acids is 1. The largest absolute Gasteiger partial charge is 0.481 e. The SMILES string of the molecule is CCSCCC(C)NC(=O)[C@H]1[C@@H](C(=O)O)C1(C)C. The third-order valence-corrected chi connectivity index (χ3v) is 4.60. The van der Waals surface area contributed by atoms with Gasteiger partial charge in [-0.1, -0.05) is 20.8 Å². The minimum absolute atomic E-state index is 0.110. The van der Waals surface area contributed by atoms with Crippen LogP contribution in [0.1, 0.15) is 34.1 Å². The molecule has 1 fully saturated rings. The van der Waals surface area contributed by atoms with E-state index >= 15 is 0 Å². The lowest BCUT2D eigenvalue weighted by molar-refractivity contribution is -0.140. The zero-order valence-corrected chi connectivity index (χ0v) is 12.3. The van der Waals surface area contributed by atoms with E-state index in [0.29, 0.717) is 0 Å². The van der Waals surface area contributed by atoms with Crippen LogP contribution in [0.5, 0.6) is 0 Å². The Balaban J connectivity index is 2.40. The Kier molecular flexibility index (Phi) is 5.08. The minimum Gasteiger partial charge on any atom is -0.481 e. The first kappa shape index (κ1) is 15.3. The summed E-state index contributed by atoms with van der Waals surface area (Å²) in [5, 5.41) is 12.0. The van der Waals surface area contributed by atoms with Crippen molar-refractivity contribution in [2.24, 2.45) is 17.3 Å². The van der Waals surface area contributed by atoms with E-state index in [9.17, 15) is 9.59 Å². The molecule has 4 nitrogen and oxygen atoms in total. The van der Waals surface area contributed by atoms with Crippen molar-refractivity contribution in [2.75, 3.05) is 11.5 Å². The number of rotatable bonds is 7. The summed E-state index contributed by atoms with van der Waals surface area (Å²) in [5.41, 5.74) is -0.409. The fourth-order valence-electron chi connectivity index (χ4n) is 2.40. The average Bonchev–Trinajstić information content (AvgIpc) is 2.82. The Bertz CT molecular complexity index is 330. The number of carboxylic acid groups (broad SMARTS) is 1. The Morgan fingerprint density at radius 3 is 2.44 bits per heavy atom. The van der Waals surface area contributed by atoms with E-state index in [0.717, 1.165) is 17.9 Å². The van der Waals surface area contributed by atoms with Crippen LogP contribution in [0.3, 0.4) is 0 Å². The molecule has 1 aliphatic rings. The summed E-state index contributed by atoms with van der Waals surface area (Å²) in [7, 11) is 0. The molecule has 1 saturated carbocycles. The predicted molar refractivity (Wildman–Crippen MR) is 73.6 cm³/mol. The molecule has 0 saturated heterocycles. The van der Waals surface area contributed by atoms with Crippen LogP contribution in [0.15, 0.2) is 0 Å². The molecular weight excluding hydrogens is 250 g/mol. The number of hydrogen-bond acceptors (Lipinski definition) is 3. The monoisotopic (exact) mass is 273 g/mol. The Labute approximate surface area is 113 Å². The zero-order valence-electron chi connectivity index (χ0n) is 11.5. The fourth-order valence-corrected chi connectivity index (χ4v) is 3.21. The lowest BCUT2D eigenvalue weighted by Crippen LogP contribution is -2.35. The summed E-state index contributed by atoms with van der Waals surface area (Å²) >= 11 is 1.85. The van der Waals surface area contributed by atoms with Gasteiger partial charge in [-0.25, -0.2) is 0 Å². The van der Waals surface area contributed by atoms with Crippen molar-refractivity contribution >= 4 is 23.6 Å². The van der Waals surface area contributed by atoms with Gasteiger partial charge in [-0.15, -0.1) is 0 Å². The van der Waals surface area contributed by atoms with Crippen molar-refractivity contribution in [1.29, 1.82) is 0 Å². The maximum absolute atomic E-state index is 12.0. The summed E-state index contributed by atoms with van der Waals surface area (Å²) < 4.78 is 0. The van der Waals surface area contributed by atoms with E-state index < -0.39 is 17.3 Å². The molecule has 18 heavy (non-hydrogen) atoms. The van der Waals surface area contributed by atoms with Crippen molar-refractivity contribution in [3.63, 3.8) is 0 Å². The average molecular weight is 273 g/mol. The molecule has 0 aromatic rings. The van der Waals surface area contributed by atoms with Gasteiger partial charge in [-0.3, -0.25) is 9.59 Å². The van der Waals surface area contributed by atoms with E-state index in [1.54, 1.807) is 0 Å². The zero-order chi connectivity index (χ0) is 13.9. The van der Waals surface area contributed by atoms with E-state index in [1.807, 2.05) is 32.5 Å². The standard InChI is InChI=1S/C13H23NO3S/c1-5-18-7-6-8(2)14-11(15)9-10(12(16)17)13(9,3)4/h8-10H,5-7H2,1-4H3,(H,14,15)(H,16,17)/t8?,9-,10+/m1/s1. The fraction of sp³-hybridized carbons (Fsp3) is 0.846. The number of nitrogens with one attached hydrogen (secondary N) is 1. The highest BCUT2D eigenvalue weighted by Crippen LogP contribution is 2.58. The van der Waals surface area contributed by atoms with Crippen LogP contribution in [-0.2, 0) is 9.59 Å². The molecule has 0 aromatic heterocycles. The molecule has 0 spiro atoms. The van der Waals surface area contributed by atoms with Gasteiger partial charge in [0.25, 0.3) is 0 Å². The molecule has 1 rings (SSSR count). The van der Waals surface area contributed by atoms with Crippen LogP contribution in [0, 0.1) is 17.3 Å². The molecule has 1 amide bonds. The van der Waals surface area contributed by atoms with Crippen LogP contribution in [0.25, 0.3) is 0 Å². The first-order chi connectivity index (χ1) is 8.32. The smallest absolute Gasteiger partial charge is 0.307 e. The highest BCUT2D eigenvalue weighted by molar-refractivity contribution is 7.99. The van der Waals surface area contributed by atoms with Gasteiger partial charge in [-0.05, 0) is 30.3 Å². The molecule has 5 heteroatoms. The highest BCUT2D eigenvalue weighted by Gasteiger charge is 2.65. The normalized spacial score (nSPS) is 26.4. The first-order valence-electron chi connectivity index (χ1n) is 6.43. The maximum Gasteiger partial charge on any atom is 0.307 e. The number of amides is 1. The first-order valence-corrected chi connectivity index (χ1v) is 7.58. The second-order valence-corrected chi connectivity index (χ2v) is 6.90. The molecule has 0 heterocycles. The van der Waals surface area contributed by atoms with Gasteiger partial charge in [0.05, 0.1) is 11.8 Å². The molecule has 0 aliphatic heterocycles. The van der Waals surface area contributed by atoms with Crippen LogP contribution >= 0.6 is 11.8 Å². The topological polar surface area (TPSA) is 66.4 Å². The minimum atomic E-state index is -0.866. The van der Waals surface area contributed by atoms with Gasteiger partial charge in [0.2, 0.25) is 5.91 Å². The summed E-state index contributed by atoms with van der Waals surface area (Å²) in [5.74, 6) is 0.216. The third-order valence-electron chi connectivity index (χ3n) is 3.66. The molecule has 0 aromatic carbocycles. The van der Waals surface area contributed by atoms with Gasteiger partial charge in [0.1, 0.15) is 0 Å². The summed E-state index contributed by atoms with van der Waals surface area (Å²) in [6.45, 7) is 7.76. The molecule has 1 unspecified atom stereocenters. The Hall–Kier alpha value is -0.710. The highest BCUT2D eigenvalue weighted by atomic mass is 32.2. The van der Waals surface area contributed by atoms with E-state index in [4.69, 9.17) is 5.11 Å². The Morgan fingerprint density at radius 1 is 1.39 bits per heavy atom. The van der Waals surface area contributed by atoms with Crippen LogP contribution in [0.2, 0.25) is 0 Å². The molecule has 2 N–H and O–H groups in total. The molecular formula is C13H23NO3S. The van der Waals surface area contributed by atoms with Crippen LogP contribution in [-0.4, -0.2) is 34.5 Å². The number of carbonyl (C=O) groups excluding carboxylic acids is 1. The number of carbonyl (C=O) groups is 2. The van der Waals surface area contributed by atoms with Crippen LogP contribution in [0.4, 0.5) is 0 Å². The predicted octanol–water partition coefficient (Wildman–Crippen LogP) is 1.99. The van der Waals surface area contributed by atoms with Gasteiger partial charge in [-0.2, -0.15) is 11.8 Å². The summed E-state index contributed by atoms with van der Waals surface area (Å²) in [6, 6.07) is 0.113. The molecule has 3 atom stereocenters. The van der Waals surface area contributed by atoms with Crippen molar-refractivity contribution < 1.29 is 14.7 Å². The molecule has 0 bridgehead atoms. The van der Waals surface area contributed by atoms with Crippen molar-refractivity contribution in [2.45, 2.75) is 40.2 Å². The van der Waals surface area contributed by atoms with Gasteiger partial charge < -0.3 is 10.4 Å². The van der Waals surface area contributed by atoms with Crippen molar-refractivity contribution in [3.05, 3.63) is 0 Å². The lowest BCUT2D eigenvalue weighted by atomic mass is 10.1. The number of hydrogen-bond donors (Lipinski definition) is 2. The molecule has 0 radical (unpaired) electrons. The van der Waals surface area contributed by atoms with E-state index in [1.165, 1.54) is 0 Å². The Morgan fingerprint density at radius 2 is 2.00 bits per heavy atom. The summed E-state index contributed by atoms with van der Waals surface area (Å²) in [6.07, 6.45) is 0.926. The summed E-state index contributed by atoms with van der Waals surface area (Å²) in [4.78, 5) is 23.0. The maximum atomic E-state index is 12.0. The van der Waals surface area contributed by atoms with E-state index in [2.05, 4.69) is 12.2 Å². The van der Waals surface area contributed by atoms with Crippen LogP contribution < -0.4 is 5.32 Å². The lowest BCUT2D eigenvalue weighted by Gasteiger charge is -2.14. The van der Waals surface area contributed by atoms with Gasteiger partial charge in [0, 0.05) is 6.04 Å². The van der Waals surface area contributed by atoms with Crippen molar-refractivity contribution in [3.8, 4) is 0 Å². The van der Waals surface area contributed by atoms with Gasteiger partial charge >= 0.3 is 5.97 Å². The second-order valence-electron chi connectivity index (χ2n) is 5.51. The van der Waals surface area contributed by atoms with Gasteiger partial charge in [0.15, 0.2) is 0 Å². The number of aliphatic carboxylic acids is 1. The van der Waals surface area contributed by atoms with Crippen molar-refractivity contribution in [1.82, 2.24) is 5.32 Å².